The molecule has 3 heterocycles. The monoisotopic (exact) mass is 357 g/mol. The summed E-state index contributed by atoms with van der Waals surface area (Å²) in [5.41, 5.74) is 1.32. The summed E-state index contributed by atoms with van der Waals surface area (Å²) < 4.78 is 0. The summed E-state index contributed by atoms with van der Waals surface area (Å²) >= 11 is 0. The van der Waals surface area contributed by atoms with E-state index in [9.17, 15) is 9.59 Å². The van der Waals surface area contributed by atoms with Crippen LogP contribution in [0.4, 0.5) is 10.5 Å². The molecule has 140 valence electrons. The molecule has 3 aliphatic rings. The third-order valence-electron chi connectivity index (χ3n) is 6.03. The van der Waals surface area contributed by atoms with E-state index in [0.29, 0.717) is 6.54 Å². The van der Waals surface area contributed by atoms with Gasteiger partial charge in [-0.25, -0.2) is 4.79 Å². The number of quaternary nitrogens is 1. The van der Waals surface area contributed by atoms with Gasteiger partial charge < -0.3 is 14.7 Å². The van der Waals surface area contributed by atoms with E-state index in [0.717, 1.165) is 65.0 Å². The smallest absolute Gasteiger partial charge is 0.327 e. The molecule has 0 aliphatic carbocycles. The molecule has 6 nitrogen and oxygen atoms in total. The summed E-state index contributed by atoms with van der Waals surface area (Å²) in [5.74, 6) is 0.0383. The van der Waals surface area contributed by atoms with Gasteiger partial charge in [-0.2, -0.15) is 0 Å². The van der Waals surface area contributed by atoms with E-state index < -0.39 is 0 Å². The van der Waals surface area contributed by atoms with Crippen LogP contribution in [-0.4, -0.2) is 73.6 Å². The molecule has 3 amide bonds. The maximum absolute atomic E-state index is 12.3. The normalized spacial score (nSPS) is 23.8. The van der Waals surface area contributed by atoms with Crippen molar-refractivity contribution in [1.29, 1.82) is 0 Å². The van der Waals surface area contributed by atoms with Crippen molar-refractivity contribution >= 4 is 17.6 Å². The van der Waals surface area contributed by atoms with Crippen LogP contribution in [0.2, 0.25) is 0 Å². The number of urea groups is 1. The zero-order chi connectivity index (χ0) is 17.9. The van der Waals surface area contributed by atoms with Crippen LogP contribution in [-0.2, 0) is 4.79 Å². The molecule has 0 bridgehead atoms. The van der Waals surface area contributed by atoms with Crippen molar-refractivity contribution in [3.63, 3.8) is 0 Å². The summed E-state index contributed by atoms with van der Waals surface area (Å²) in [7, 11) is 0. The van der Waals surface area contributed by atoms with Gasteiger partial charge in [0.2, 0.25) is 0 Å². The molecular formula is C20H29N4O2+. The molecule has 0 unspecified atom stereocenters. The van der Waals surface area contributed by atoms with E-state index in [4.69, 9.17) is 0 Å². The number of nitrogens with one attached hydrogen (secondary N) is 1. The molecule has 1 atom stereocenters. The molecular weight excluding hydrogens is 328 g/mol. The van der Waals surface area contributed by atoms with Crippen molar-refractivity contribution in [2.45, 2.75) is 31.7 Å². The molecule has 3 fully saturated rings. The average Bonchev–Trinajstić information content (AvgIpc) is 3.25. The quantitative estimate of drug-likeness (QED) is 0.599. The Morgan fingerprint density at radius 2 is 1.77 bits per heavy atom. The molecule has 1 aromatic carbocycles. The topological polar surface area (TPSA) is 48.3 Å². The van der Waals surface area contributed by atoms with Gasteiger partial charge in [-0.15, -0.1) is 0 Å². The number of anilines is 1. The fraction of sp³-hybridized carbons (Fsp3) is 0.600. The third-order valence-corrected chi connectivity index (χ3v) is 6.03. The number of rotatable bonds is 6. The van der Waals surface area contributed by atoms with Gasteiger partial charge in [0.05, 0.1) is 32.7 Å². The van der Waals surface area contributed by atoms with Crippen LogP contribution in [0.3, 0.4) is 0 Å². The van der Waals surface area contributed by atoms with E-state index in [-0.39, 0.29) is 18.0 Å². The molecule has 1 N–H and O–H groups in total. The number of amides is 3. The lowest BCUT2D eigenvalue weighted by molar-refractivity contribution is -0.900. The Morgan fingerprint density at radius 1 is 1.00 bits per heavy atom. The fourth-order valence-electron chi connectivity index (χ4n) is 4.50. The molecule has 26 heavy (non-hydrogen) atoms. The lowest BCUT2D eigenvalue weighted by Crippen LogP contribution is -3.14. The van der Waals surface area contributed by atoms with Gasteiger partial charge >= 0.3 is 6.03 Å². The maximum atomic E-state index is 12.3. The minimum absolute atomic E-state index is 0.0383. The summed E-state index contributed by atoms with van der Waals surface area (Å²) in [4.78, 5) is 31.9. The van der Waals surface area contributed by atoms with E-state index in [1.165, 1.54) is 10.6 Å². The zero-order valence-corrected chi connectivity index (χ0v) is 15.4. The molecule has 3 aliphatic heterocycles. The number of piperazine rings is 1. The lowest BCUT2D eigenvalue weighted by Gasteiger charge is -2.33. The molecule has 0 aromatic heterocycles. The van der Waals surface area contributed by atoms with E-state index in [1.54, 1.807) is 9.80 Å². The number of carbonyl (C=O) groups excluding carboxylic acids is 2. The van der Waals surface area contributed by atoms with Gasteiger partial charge in [-0.1, -0.05) is 18.2 Å². The Kier molecular flexibility index (Phi) is 5.11. The molecule has 3 saturated heterocycles. The zero-order valence-electron chi connectivity index (χ0n) is 15.4. The Labute approximate surface area is 155 Å². The minimum atomic E-state index is -0.154. The van der Waals surface area contributed by atoms with Gasteiger partial charge in [0.15, 0.2) is 0 Å². The Bertz CT molecular complexity index is 620. The predicted molar refractivity (Wildman–Crippen MR) is 100 cm³/mol. The second-order valence-electron chi connectivity index (χ2n) is 7.65. The van der Waals surface area contributed by atoms with Crippen molar-refractivity contribution in [1.82, 2.24) is 9.80 Å². The largest absolute Gasteiger partial charge is 0.360 e. The van der Waals surface area contributed by atoms with Gasteiger partial charge in [-0.3, -0.25) is 9.69 Å². The number of benzene rings is 1. The summed E-state index contributed by atoms with van der Waals surface area (Å²) in [6.07, 6.45) is 3.80. The first-order chi connectivity index (χ1) is 12.7. The van der Waals surface area contributed by atoms with Gasteiger partial charge in [0.25, 0.3) is 5.91 Å². The number of hydrogen-bond acceptors (Lipinski definition) is 3. The second-order valence-corrected chi connectivity index (χ2v) is 7.65. The first-order valence-electron chi connectivity index (χ1n) is 9.99. The van der Waals surface area contributed by atoms with E-state index in [2.05, 4.69) is 35.2 Å². The molecule has 6 heteroatoms. The predicted octanol–water partition coefficient (Wildman–Crippen LogP) is 0.598. The standard InChI is InChI=1S/C20H28N4O2/c25-19-18-9-6-12-23(18)20(26)24(19)11-5-4-10-21-13-15-22(16-14-21)17-7-2-1-3-8-17/h1-3,7-8,18H,4-6,9-16H2/p+1/t18-/m0/s1. The van der Waals surface area contributed by atoms with Crippen LogP contribution in [0.5, 0.6) is 0 Å². The Hall–Kier alpha value is -2.08. The molecule has 0 spiro atoms. The number of nitrogens with zero attached hydrogens (tertiary/aromatic N) is 3. The van der Waals surface area contributed by atoms with Crippen molar-refractivity contribution < 1.29 is 14.5 Å². The number of imide groups is 1. The number of para-hydroxylation sites is 1. The van der Waals surface area contributed by atoms with Crippen molar-refractivity contribution in [2.75, 3.05) is 50.7 Å². The molecule has 0 saturated carbocycles. The Morgan fingerprint density at radius 3 is 2.50 bits per heavy atom. The second kappa shape index (κ2) is 7.66. The van der Waals surface area contributed by atoms with Gasteiger partial charge in [0, 0.05) is 18.8 Å². The van der Waals surface area contributed by atoms with E-state index in [1.807, 2.05) is 0 Å². The first kappa shape index (κ1) is 17.3. The maximum Gasteiger partial charge on any atom is 0.327 e. The van der Waals surface area contributed by atoms with Crippen LogP contribution in [0.15, 0.2) is 30.3 Å². The highest BCUT2D eigenvalue weighted by Gasteiger charge is 2.46. The highest BCUT2D eigenvalue weighted by atomic mass is 16.2. The number of hydrogen-bond donors (Lipinski definition) is 1. The number of unbranched alkanes of at least 4 members (excludes halogenated alkanes) is 1. The average molecular weight is 357 g/mol. The fourth-order valence-corrected chi connectivity index (χ4v) is 4.50. The molecule has 4 rings (SSSR count). The lowest BCUT2D eigenvalue weighted by atomic mass is 10.2. The van der Waals surface area contributed by atoms with Crippen molar-refractivity contribution in [3.8, 4) is 0 Å². The minimum Gasteiger partial charge on any atom is -0.360 e. The van der Waals surface area contributed by atoms with Gasteiger partial charge in [-0.05, 0) is 37.8 Å². The summed E-state index contributed by atoms with van der Waals surface area (Å²) in [6.45, 7) is 6.98. The number of fused-ring (bicyclic) bond motifs is 1. The van der Waals surface area contributed by atoms with Crippen LogP contribution in [0.1, 0.15) is 25.7 Å². The summed E-state index contributed by atoms with van der Waals surface area (Å²) in [6, 6.07) is 10.4. The summed E-state index contributed by atoms with van der Waals surface area (Å²) in [5, 5.41) is 0. The van der Waals surface area contributed by atoms with Crippen LogP contribution < -0.4 is 9.80 Å². The van der Waals surface area contributed by atoms with Crippen LogP contribution >= 0.6 is 0 Å². The van der Waals surface area contributed by atoms with Crippen LogP contribution in [0, 0.1) is 0 Å². The molecule has 1 aromatic rings. The highest BCUT2D eigenvalue weighted by Crippen LogP contribution is 2.27. The van der Waals surface area contributed by atoms with Crippen molar-refractivity contribution in [3.05, 3.63) is 30.3 Å². The third kappa shape index (κ3) is 3.43. The van der Waals surface area contributed by atoms with Crippen LogP contribution in [0.25, 0.3) is 0 Å². The highest BCUT2D eigenvalue weighted by molar-refractivity contribution is 6.04. The van der Waals surface area contributed by atoms with Gasteiger partial charge in [0.1, 0.15) is 6.04 Å². The first-order valence-corrected chi connectivity index (χ1v) is 9.99. The van der Waals surface area contributed by atoms with E-state index >= 15 is 0 Å². The van der Waals surface area contributed by atoms with Crippen molar-refractivity contribution in [2.24, 2.45) is 0 Å². The molecule has 0 radical (unpaired) electrons. The number of carbonyl (C=O) groups is 2. The SMILES string of the molecule is O=C1[C@@H]2CCCN2C(=O)N1CCCC[NH+]1CCN(c2ccccc2)CC1. The Balaban J connectivity index is 1.16.